The Morgan fingerprint density at radius 3 is 3.05 bits per heavy atom. The van der Waals surface area contributed by atoms with Crippen LogP contribution in [-0.4, -0.2) is 19.2 Å². The Bertz CT molecular complexity index is 444. The quantitative estimate of drug-likeness (QED) is 0.779. The van der Waals surface area contributed by atoms with Crippen LogP contribution in [0.1, 0.15) is 44.3 Å². The number of fused-ring (bicyclic) bond motifs is 5. The molecule has 3 saturated carbocycles. The Morgan fingerprint density at radius 2 is 2.14 bits per heavy atom. The molecule has 1 N–H and O–H groups in total. The molecule has 0 spiro atoms. The summed E-state index contributed by atoms with van der Waals surface area (Å²) in [5.74, 6) is 5.13. The molecule has 3 heteroatoms. The molecule has 3 aliphatic rings. The Balaban J connectivity index is 1.13. The molecule has 2 bridgehead atoms. The third-order valence-corrected chi connectivity index (χ3v) is 6.13. The lowest BCUT2D eigenvalue weighted by Crippen LogP contribution is -2.39. The van der Waals surface area contributed by atoms with Crippen molar-refractivity contribution in [3.05, 3.63) is 24.2 Å². The maximum Gasteiger partial charge on any atom is 0.129 e. The maximum absolute atomic E-state index is 5.64. The molecule has 4 rings (SSSR count). The molecule has 0 aliphatic heterocycles. The van der Waals surface area contributed by atoms with Crippen LogP contribution >= 0.6 is 0 Å². The van der Waals surface area contributed by atoms with E-state index in [-0.39, 0.29) is 0 Å². The Labute approximate surface area is 127 Å². The number of hydrogen-bond donors (Lipinski definition) is 1. The minimum absolute atomic E-state index is 0.602. The van der Waals surface area contributed by atoms with Gasteiger partial charge in [-0.2, -0.15) is 0 Å². The van der Waals surface area contributed by atoms with Gasteiger partial charge in [0.1, 0.15) is 12.4 Å². The second-order valence-corrected chi connectivity index (χ2v) is 7.20. The van der Waals surface area contributed by atoms with Gasteiger partial charge in [-0.05, 0) is 74.5 Å². The summed E-state index contributed by atoms with van der Waals surface area (Å²) in [6.45, 7) is 2.52. The van der Waals surface area contributed by atoms with E-state index in [2.05, 4.69) is 5.32 Å². The van der Waals surface area contributed by atoms with Crippen molar-refractivity contribution in [3.63, 3.8) is 0 Å². The normalized spacial score (nSPS) is 37.2. The van der Waals surface area contributed by atoms with Crippen LogP contribution in [0.25, 0.3) is 0 Å². The van der Waals surface area contributed by atoms with Crippen LogP contribution < -0.4 is 5.32 Å². The van der Waals surface area contributed by atoms with Gasteiger partial charge in [0.15, 0.2) is 0 Å². The summed E-state index contributed by atoms with van der Waals surface area (Å²) in [4.78, 5) is 0. The van der Waals surface area contributed by atoms with Gasteiger partial charge in [-0.3, -0.25) is 0 Å². The molecule has 3 aliphatic carbocycles. The van der Waals surface area contributed by atoms with Gasteiger partial charge in [0.2, 0.25) is 0 Å². The highest BCUT2D eigenvalue weighted by molar-refractivity contribution is 5.05. The van der Waals surface area contributed by atoms with Crippen LogP contribution in [0.2, 0.25) is 0 Å². The maximum atomic E-state index is 5.64. The van der Waals surface area contributed by atoms with Crippen molar-refractivity contribution in [2.45, 2.75) is 51.2 Å². The Kier molecular flexibility index (Phi) is 4.04. The van der Waals surface area contributed by atoms with Crippen molar-refractivity contribution in [1.82, 2.24) is 5.32 Å². The van der Waals surface area contributed by atoms with Crippen LogP contribution in [0.3, 0.4) is 0 Å². The predicted molar refractivity (Wildman–Crippen MR) is 81.8 cm³/mol. The highest BCUT2D eigenvalue weighted by Crippen LogP contribution is 2.58. The molecule has 1 heterocycles. The summed E-state index contributed by atoms with van der Waals surface area (Å²) in [5, 5.41) is 3.82. The standard InChI is InChI=1S/C18H27NO2/c1-5-15-13-10-17(16(15)6-1)18(11-13)19-7-3-8-20-12-14-4-2-9-21-14/h2,4,9,13,15-19H,1,3,5-8,10-12H2. The Hall–Kier alpha value is -0.800. The van der Waals surface area contributed by atoms with Crippen molar-refractivity contribution in [2.75, 3.05) is 13.2 Å². The van der Waals surface area contributed by atoms with Crippen LogP contribution in [0.5, 0.6) is 0 Å². The summed E-state index contributed by atoms with van der Waals surface area (Å²) >= 11 is 0. The fourth-order valence-corrected chi connectivity index (χ4v) is 5.33. The minimum atomic E-state index is 0.602. The smallest absolute Gasteiger partial charge is 0.129 e. The fraction of sp³-hybridized carbons (Fsp3) is 0.778. The summed E-state index contributed by atoms with van der Waals surface area (Å²) in [6, 6.07) is 4.68. The highest BCUT2D eigenvalue weighted by atomic mass is 16.5. The highest BCUT2D eigenvalue weighted by Gasteiger charge is 2.53. The molecule has 116 valence electrons. The molecule has 5 atom stereocenters. The molecule has 0 amide bonds. The van der Waals surface area contributed by atoms with Crippen molar-refractivity contribution in [2.24, 2.45) is 23.7 Å². The lowest BCUT2D eigenvalue weighted by atomic mass is 9.79. The van der Waals surface area contributed by atoms with Crippen LogP contribution in [0, 0.1) is 23.7 Å². The van der Waals surface area contributed by atoms with Gasteiger partial charge in [0, 0.05) is 12.6 Å². The average Bonchev–Trinajstić information content (AvgIpc) is 3.24. The van der Waals surface area contributed by atoms with E-state index >= 15 is 0 Å². The Morgan fingerprint density at radius 1 is 1.19 bits per heavy atom. The lowest BCUT2D eigenvalue weighted by molar-refractivity contribution is 0.102. The SMILES string of the molecule is c1coc(COCCCNC2CC3CC2C2CCCC32)c1. The molecule has 0 aromatic carbocycles. The zero-order chi connectivity index (χ0) is 14.1. The predicted octanol–water partition coefficient (Wildman–Crippen LogP) is 3.60. The zero-order valence-corrected chi connectivity index (χ0v) is 12.8. The van der Waals surface area contributed by atoms with E-state index in [0.717, 1.165) is 55.0 Å². The van der Waals surface area contributed by atoms with Crippen LogP contribution in [-0.2, 0) is 11.3 Å². The molecule has 1 aromatic heterocycles. The number of rotatable bonds is 7. The molecule has 0 saturated heterocycles. The first-order valence-electron chi connectivity index (χ1n) is 8.75. The summed E-state index contributed by atoms with van der Waals surface area (Å²) in [5.41, 5.74) is 0. The molecule has 5 unspecified atom stereocenters. The van der Waals surface area contributed by atoms with Gasteiger partial charge in [-0.1, -0.05) is 6.42 Å². The first-order valence-corrected chi connectivity index (χ1v) is 8.75. The van der Waals surface area contributed by atoms with E-state index in [4.69, 9.17) is 9.15 Å². The largest absolute Gasteiger partial charge is 0.467 e. The van der Waals surface area contributed by atoms with E-state index in [0.29, 0.717) is 6.61 Å². The fourth-order valence-electron chi connectivity index (χ4n) is 5.33. The first kappa shape index (κ1) is 13.8. The zero-order valence-electron chi connectivity index (χ0n) is 12.8. The molecule has 21 heavy (non-hydrogen) atoms. The van der Waals surface area contributed by atoms with Crippen LogP contribution in [0.4, 0.5) is 0 Å². The second kappa shape index (κ2) is 6.13. The number of hydrogen-bond acceptors (Lipinski definition) is 3. The van der Waals surface area contributed by atoms with Gasteiger partial charge in [0.05, 0.1) is 6.26 Å². The molecule has 0 radical (unpaired) electrons. The summed E-state index contributed by atoms with van der Waals surface area (Å²) < 4.78 is 10.9. The lowest BCUT2D eigenvalue weighted by Gasteiger charge is -2.32. The van der Waals surface area contributed by atoms with E-state index in [9.17, 15) is 0 Å². The van der Waals surface area contributed by atoms with Crippen molar-refractivity contribution >= 4 is 0 Å². The van der Waals surface area contributed by atoms with Gasteiger partial charge >= 0.3 is 0 Å². The van der Waals surface area contributed by atoms with Gasteiger partial charge < -0.3 is 14.5 Å². The summed E-state index contributed by atoms with van der Waals surface area (Å²) in [7, 11) is 0. The average molecular weight is 289 g/mol. The molecular formula is C18H27NO2. The second-order valence-electron chi connectivity index (χ2n) is 7.20. The van der Waals surface area contributed by atoms with Gasteiger partial charge in [0.25, 0.3) is 0 Å². The first-order chi connectivity index (χ1) is 10.4. The van der Waals surface area contributed by atoms with Crippen molar-refractivity contribution in [3.8, 4) is 0 Å². The van der Waals surface area contributed by atoms with E-state index in [1.54, 1.807) is 6.26 Å². The topological polar surface area (TPSA) is 34.4 Å². The molecular weight excluding hydrogens is 262 g/mol. The molecule has 3 nitrogen and oxygen atoms in total. The van der Waals surface area contributed by atoms with E-state index < -0.39 is 0 Å². The monoisotopic (exact) mass is 289 g/mol. The third-order valence-electron chi connectivity index (χ3n) is 6.13. The van der Waals surface area contributed by atoms with E-state index in [1.165, 1.54) is 32.1 Å². The summed E-state index contributed by atoms with van der Waals surface area (Å²) in [6.07, 6.45) is 10.3. The third kappa shape index (κ3) is 2.78. The van der Waals surface area contributed by atoms with Crippen LogP contribution in [0.15, 0.2) is 22.8 Å². The number of ether oxygens (including phenoxy) is 1. The molecule has 3 fully saturated rings. The number of furan rings is 1. The number of nitrogens with one attached hydrogen (secondary N) is 1. The van der Waals surface area contributed by atoms with Crippen molar-refractivity contribution < 1.29 is 9.15 Å². The van der Waals surface area contributed by atoms with E-state index in [1.807, 2.05) is 12.1 Å². The minimum Gasteiger partial charge on any atom is -0.467 e. The van der Waals surface area contributed by atoms with Gasteiger partial charge in [-0.15, -0.1) is 0 Å². The van der Waals surface area contributed by atoms with Gasteiger partial charge in [-0.25, -0.2) is 0 Å². The van der Waals surface area contributed by atoms with Crippen molar-refractivity contribution in [1.29, 1.82) is 0 Å². The molecule has 1 aromatic rings.